The molecule has 5 rings (SSSR count). The first-order valence-corrected chi connectivity index (χ1v) is 9.94. The number of hydrogen-bond donors (Lipinski definition) is 1. The van der Waals surface area contributed by atoms with Crippen LogP contribution in [0, 0.1) is 6.92 Å². The highest BCUT2D eigenvalue weighted by Gasteiger charge is 2.41. The van der Waals surface area contributed by atoms with E-state index in [1.165, 1.54) is 12.1 Å². The molecule has 0 fully saturated rings. The minimum atomic E-state index is -4.51. The third kappa shape index (κ3) is 2.90. The van der Waals surface area contributed by atoms with Crippen molar-refractivity contribution in [3.63, 3.8) is 0 Å². The number of anilines is 1. The van der Waals surface area contributed by atoms with Gasteiger partial charge in [0, 0.05) is 40.4 Å². The third-order valence-electron chi connectivity index (χ3n) is 5.95. The summed E-state index contributed by atoms with van der Waals surface area (Å²) in [6, 6.07) is 13.1. The molecule has 0 spiro atoms. The van der Waals surface area contributed by atoms with Crippen LogP contribution in [0.2, 0.25) is 0 Å². The van der Waals surface area contributed by atoms with Gasteiger partial charge in [0.2, 0.25) is 0 Å². The molecule has 1 N–H and O–H groups in total. The summed E-state index contributed by atoms with van der Waals surface area (Å²) in [5.41, 5.74) is 3.56. The number of aromatic nitrogens is 1. The van der Waals surface area contributed by atoms with Crippen molar-refractivity contribution >= 4 is 22.4 Å². The summed E-state index contributed by atoms with van der Waals surface area (Å²) in [6.07, 6.45) is -2.82. The second-order valence-corrected chi connectivity index (χ2v) is 7.86. The molecule has 0 amide bonds. The third-order valence-corrected chi connectivity index (χ3v) is 5.95. The van der Waals surface area contributed by atoms with Gasteiger partial charge in [0.15, 0.2) is 5.78 Å². The summed E-state index contributed by atoms with van der Waals surface area (Å²) >= 11 is 0. The van der Waals surface area contributed by atoms with Crippen LogP contribution in [0.3, 0.4) is 0 Å². The van der Waals surface area contributed by atoms with Crippen molar-refractivity contribution in [2.45, 2.75) is 38.3 Å². The van der Waals surface area contributed by atoms with Crippen LogP contribution in [0.1, 0.15) is 47.6 Å². The largest absolute Gasteiger partial charge is 0.416 e. The highest BCUT2D eigenvalue weighted by Crippen LogP contribution is 2.50. The molecular formula is C24H19F3N2O. The predicted molar refractivity (Wildman–Crippen MR) is 109 cm³/mol. The van der Waals surface area contributed by atoms with Gasteiger partial charge in [0.05, 0.1) is 11.1 Å². The summed E-state index contributed by atoms with van der Waals surface area (Å²) in [5.74, 6) is -0.872. The van der Waals surface area contributed by atoms with Crippen molar-refractivity contribution in [3.05, 3.63) is 82.2 Å². The zero-order valence-corrected chi connectivity index (χ0v) is 16.3. The van der Waals surface area contributed by atoms with E-state index in [0.29, 0.717) is 35.9 Å². The van der Waals surface area contributed by atoms with Crippen LogP contribution < -0.4 is 5.32 Å². The average molecular weight is 408 g/mol. The van der Waals surface area contributed by atoms with E-state index in [0.717, 1.165) is 28.5 Å². The van der Waals surface area contributed by atoms with Gasteiger partial charge in [-0.2, -0.15) is 13.2 Å². The molecule has 0 bridgehead atoms. The number of ketones is 1. The smallest absolute Gasteiger partial charge is 0.358 e. The van der Waals surface area contributed by atoms with Crippen LogP contribution in [0.25, 0.3) is 10.9 Å². The summed E-state index contributed by atoms with van der Waals surface area (Å²) in [7, 11) is 0. The molecule has 1 aliphatic carbocycles. The number of nitrogens with one attached hydrogen (secondary N) is 1. The zero-order chi connectivity index (χ0) is 21.0. The Balaban J connectivity index is 1.87. The first kappa shape index (κ1) is 18.9. The van der Waals surface area contributed by atoms with E-state index < -0.39 is 17.7 Å². The maximum Gasteiger partial charge on any atom is 0.416 e. The quantitative estimate of drug-likeness (QED) is 0.527. The average Bonchev–Trinajstić information content (AvgIpc) is 2.71. The van der Waals surface area contributed by atoms with Crippen molar-refractivity contribution in [1.29, 1.82) is 0 Å². The molecule has 0 saturated carbocycles. The Morgan fingerprint density at radius 1 is 1.03 bits per heavy atom. The molecule has 30 heavy (non-hydrogen) atoms. The van der Waals surface area contributed by atoms with E-state index in [1.807, 2.05) is 31.2 Å². The van der Waals surface area contributed by atoms with E-state index in [9.17, 15) is 18.0 Å². The van der Waals surface area contributed by atoms with Gasteiger partial charge in [-0.25, -0.2) is 0 Å². The Labute approximate surface area is 171 Å². The lowest BCUT2D eigenvalue weighted by molar-refractivity contribution is -0.138. The van der Waals surface area contributed by atoms with Gasteiger partial charge in [-0.15, -0.1) is 0 Å². The van der Waals surface area contributed by atoms with Gasteiger partial charge in [0.25, 0.3) is 0 Å². The number of Topliss-reactive ketones (excluding diaryl/α,β-unsaturated/α-hetero) is 1. The second kappa shape index (κ2) is 6.69. The molecule has 2 aliphatic rings. The van der Waals surface area contributed by atoms with Crippen LogP contribution in [0.15, 0.2) is 59.8 Å². The van der Waals surface area contributed by atoms with Gasteiger partial charge in [-0.05, 0) is 55.2 Å². The number of carbonyl (C=O) groups excluding carboxylic acids is 1. The maximum absolute atomic E-state index is 13.9. The highest BCUT2D eigenvalue weighted by atomic mass is 19.4. The lowest BCUT2D eigenvalue weighted by Gasteiger charge is -2.35. The molecule has 1 aliphatic heterocycles. The Morgan fingerprint density at radius 2 is 1.83 bits per heavy atom. The molecule has 3 nitrogen and oxygen atoms in total. The summed E-state index contributed by atoms with van der Waals surface area (Å²) < 4.78 is 41.8. The van der Waals surface area contributed by atoms with Gasteiger partial charge >= 0.3 is 6.18 Å². The predicted octanol–water partition coefficient (Wildman–Crippen LogP) is 6.13. The lowest BCUT2D eigenvalue weighted by atomic mass is 9.73. The first-order chi connectivity index (χ1) is 14.3. The van der Waals surface area contributed by atoms with Crippen LogP contribution >= 0.6 is 0 Å². The molecular weight excluding hydrogens is 389 g/mol. The van der Waals surface area contributed by atoms with Crippen LogP contribution in [0.4, 0.5) is 18.9 Å². The fraction of sp³-hybridized carbons (Fsp3) is 0.250. The Kier molecular flexibility index (Phi) is 4.20. The number of aryl methyl sites for hydroxylation is 1. The number of halogens is 3. The fourth-order valence-corrected chi connectivity index (χ4v) is 4.70. The molecule has 1 aromatic heterocycles. The van der Waals surface area contributed by atoms with E-state index in [-0.39, 0.29) is 11.3 Å². The van der Waals surface area contributed by atoms with Crippen molar-refractivity contribution < 1.29 is 18.0 Å². The Hall–Kier alpha value is -3.15. The normalized spacial score (nSPS) is 18.8. The van der Waals surface area contributed by atoms with Crippen LogP contribution in [0.5, 0.6) is 0 Å². The molecule has 0 radical (unpaired) electrons. The number of pyridine rings is 1. The molecule has 152 valence electrons. The molecule has 6 heteroatoms. The number of fused-ring (bicyclic) bond motifs is 3. The standard InChI is InChI=1S/C24H19F3N2O/c1-13-9-10-15-17(28-13)11-12-19-21(15)22(23-18(29-19)7-4-8-20(23)30)14-5-2-3-6-16(14)24(25,26)27/h2-3,5-6,9-12,22,29H,4,7-8H2,1H3. The number of hydrogen-bond acceptors (Lipinski definition) is 3. The number of benzene rings is 2. The van der Waals surface area contributed by atoms with Crippen molar-refractivity contribution in [2.75, 3.05) is 5.32 Å². The van der Waals surface area contributed by atoms with Gasteiger partial charge in [-0.3, -0.25) is 9.78 Å². The Bertz CT molecular complexity index is 1230. The molecule has 2 aromatic carbocycles. The number of alkyl halides is 3. The van der Waals surface area contributed by atoms with Gasteiger partial charge in [0.1, 0.15) is 0 Å². The van der Waals surface area contributed by atoms with Crippen LogP contribution in [-0.4, -0.2) is 10.8 Å². The van der Waals surface area contributed by atoms with Gasteiger partial charge in [-0.1, -0.05) is 24.3 Å². The van der Waals surface area contributed by atoms with E-state index in [2.05, 4.69) is 10.3 Å². The topological polar surface area (TPSA) is 42.0 Å². The zero-order valence-electron chi connectivity index (χ0n) is 16.3. The van der Waals surface area contributed by atoms with E-state index in [4.69, 9.17) is 0 Å². The summed E-state index contributed by atoms with van der Waals surface area (Å²) in [4.78, 5) is 17.5. The van der Waals surface area contributed by atoms with Crippen molar-refractivity contribution in [1.82, 2.24) is 4.98 Å². The summed E-state index contributed by atoms with van der Waals surface area (Å²) in [6.45, 7) is 1.87. The Morgan fingerprint density at radius 3 is 2.63 bits per heavy atom. The lowest BCUT2D eigenvalue weighted by Crippen LogP contribution is -2.28. The minimum Gasteiger partial charge on any atom is -0.358 e. The number of carbonyl (C=O) groups is 1. The monoisotopic (exact) mass is 408 g/mol. The molecule has 2 heterocycles. The first-order valence-electron chi connectivity index (χ1n) is 9.94. The SMILES string of the molecule is Cc1ccc2c3c(ccc2n1)NC1=C(C(=O)CCC1)C3c1ccccc1C(F)(F)F. The van der Waals surface area contributed by atoms with Crippen LogP contribution in [-0.2, 0) is 11.0 Å². The second-order valence-electron chi connectivity index (χ2n) is 7.86. The van der Waals surface area contributed by atoms with Crippen molar-refractivity contribution in [2.24, 2.45) is 0 Å². The minimum absolute atomic E-state index is 0.0894. The molecule has 3 aromatic rings. The van der Waals surface area contributed by atoms with E-state index in [1.54, 1.807) is 6.07 Å². The van der Waals surface area contributed by atoms with E-state index >= 15 is 0 Å². The molecule has 0 saturated heterocycles. The maximum atomic E-state index is 13.9. The van der Waals surface area contributed by atoms with Gasteiger partial charge < -0.3 is 5.32 Å². The number of nitrogens with zero attached hydrogens (tertiary/aromatic N) is 1. The van der Waals surface area contributed by atoms with Crippen molar-refractivity contribution in [3.8, 4) is 0 Å². The fourth-order valence-electron chi connectivity index (χ4n) is 4.70. The number of allylic oxidation sites excluding steroid dienone is 2. The summed E-state index contributed by atoms with van der Waals surface area (Å²) in [5, 5.41) is 4.11. The molecule has 1 unspecified atom stereocenters. The highest BCUT2D eigenvalue weighted by molar-refractivity contribution is 6.03. The number of rotatable bonds is 1. The molecule has 1 atom stereocenters.